The number of nitro groups is 1. The Bertz CT molecular complexity index is 959. The summed E-state index contributed by atoms with van der Waals surface area (Å²) in [6.45, 7) is 2.72. The first-order valence-electron chi connectivity index (χ1n) is 8.59. The van der Waals surface area contributed by atoms with Crippen LogP contribution in [0.1, 0.15) is 31.4 Å². The van der Waals surface area contributed by atoms with Gasteiger partial charge in [0.25, 0.3) is 5.69 Å². The summed E-state index contributed by atoms with van der Waals surface area (Å²) in [5.41, 5.74) is 0.957. The minimum atomic E-state index is -3.82. The molecular weight excluding hydrogens is 390 g/mol. The number of nitrogens with one attached hydrogen (secondary N) is 1. The number of hydrogen-bond donors (Lipinski definition) is 1. The molecule has 0 radical (unpaired) electrons. The molecule has 1 atom stereocenters. The lowest BCUT2D eigenvalue weighted by Crippen LogP contribution is -2.28. The van der Waals surface area contributed by atoms with Gasteiger partial charge in [0.2, 0.25) is 10.0 Å². The number of hydrogen-bond acceptors (Lipinski definition) is 5. The van der Waals surface area contributed by atoms with Crippen molar-refractivity contribution in [2.45, 2.75) is 30.7 Å². The molecule has 0 spiro atoms. The number of nitrogens with zero attached hydrogens (tertiary/aromatic N) is 2. The number of anilines is 1. The second kappa shape index (κ2) is 7.84. The molecule has 1 saturated heterocycles. The van der Waals surface area contributed by atoms with E-state index in [9.17, 15) is 18.5 Å². The number of non-ortho nitro benzene ring substituents is 1. The molecule has 1 aliphatic heterocycles. The fourth-order valence-corrected chi connectivity index (χ4v) is 5.01. The highest BCUT2D eigenvalue weighted by atomic mass is 35.5. The van der Waals surface area contributed by atoms with Gasteiger partial charge in [-0.25, -0.2) is 8.42 Å². The van der Waals surface area contributed by atoms with E-state index in [0.717, 1.165) is 24.5 Å². The molecule has 3 rings (SSSR count). The first kappa shape index (κ1) is 19.6. The predicted octanol–water partition coefficient (Wildman–Crippen LogP) is 4.21. The van der Waals surface area contributed by atoms with Crippen LogP contribution in [0.4, 0.5) is 11.4 Å². The topological polar surface area (TPSA) is 92.5 Å². The Morgan fingerprint density at radius 2 is 1.89 bits per heavy atom. The highest BCUT2D eigenvalue weighted by Gasteiger charge is 2.31. The standard InChI is InChI=1S/C18H20ClN3O4S/c1-13(14-5-4-6-15(19)11-14)20-17-8-7-16(22(23)24)12-18(17)27(25,26)21-9-2-3-10-21/h4-8,11-13,20H,2-3,9-10H2,1H3. The van der Waals surface area contributed by atoms with Gasteiger partial charge < -0.3 is 5.32 Å². The molecule has 7 nitrogen and oxygen atoms in total. The van der Waals surface area contributed by atoms with Gasteiger partial charge in [0.1, 0.15) is 4.90 Å². The van der Waals surface area contributed by atoms with E-state index in [2.05, 4.69) is 5.32 Å². The first-order valence-corrected chi connectivity index (χ1v) is 10.4. The second-order valence-corrected chi connectivity index (χ2v) is 8.81. The second-order valence-electron chi connectivity index (χ2n) is 6.47. The molecule has 0 aromatic heterocycles. The molecule has 1 unspecified atom stereocenters. The molecule has 1 fully saturated rings. The lowest BCUT2D eigenvalue weighted by Gasteiger charge is -2.21. The Labute approximate surface area is 163 Å². The number of halogens is 1. The molecule has 2 aromatic carbocycles. The molecule has 1 aliphatic rings. The largest absolute Gasteiger partial charge is 0.377 e. The van der Waals surface area contributed by atoms with Gasteiger partial charge in [-0.15, -0.1) is 0 Å². The normalized spacial score (nSPS) is 16.2. The van der Waals surface area contributed by atoms with E-state index in [1.54, 1.807) is 12.1 Å². The smallest absolute Gasteiger partial charge is 0.270 e. The summed E-state index contributed by atoms with van der Waals surface area (Å²) in [5.74, 6) is 0. The fraction of sp³-hybridized carbons (Fsp3) is 0.333. The predicted molar refractivity (Wildman–Crippen MR) is 105 cm³/mol. The maximum atomic E-state index is 13.0. The van der Waals surface area contributed by atoms with Crippen molar-refractivity contribution in [3.63, 3.8) is 0 Å². The molecule has 2 aromatic rings. The monoisotopic (exact) mass is 409 g/mol. The van der Waals surface area contributed by atoms with E-state index in [4.69, 9.17) is 11.6 Å². The zero-order chi connectivity index (χ0) is 19.6. The van der Waals surface area contributed by atoms with Crippen molar-refractivity contribution < 1.29 is 13.3 Å². The quantitative estimate of drug-likeness (QED) is 0.570. The van der Waals surface area contributed by atoms with E-state index in [1.807, 2.05) is 19.1 Å². The van der Waals surface area contributed by atoms with Crippen molar-refractivity contribution in [2.24, 2.45) is 0 Å². The number of nitro benzene ring substituents is 1. The van der Waals surface area contributed by atoms with Crippen molar-refractivity contribution in [3.05, 3.63) is 63.2 Å². The van der Waals surface area contributed by atoms with Crippen LogP contribution in [0.5, 0.6) is 0 Å². The zero-order valence-electron chi connectivity index (χ0n) is 14.8. The van der Waals surface area contributed by atoms with Crippen LogP contribution in [0.3, 0.4) is 0 Å². The minimum Gasteiger partial charge on any atom is -0.377 e. The first-order chi connectivity index (χ1) is 12.8. The molecular formula is C18H20ClN3O4S. The maximum Gasteiger partial charge on any atom is 0.270 e. The molecule has 1 heterocycles. The summed E-state index contributed by atoms with van der Waals surface area (Å²) in [5, 5.41) is 14.9. The van der Waals surface area contributed by atoms with Crippen LogP contribution in [0.15, 0.2) is 47.4 Å². The summed E-state index contributed by atoms with van der Waals surface area (Å²) in [4.78, 5) is 10.5. The number of benzene rings is 2. The molecule has 9 heteroatoms. The van der Waals surface area contributed by atoms with Gasteiger partial charge in [0.05, 0.1) is 10.6 Å². The highest BCUT2D eigenvalue weighted by Crippen LogP contribution is 2.33. The summed E-state index contributed by atoms with van der Waals surface area (Å²) in [7, 11) is -3.82. The van der Waals surface area contributed by atoms with Crippen LogP contribution < -0.4 is 5.32 Å². The lowest BCUT2D eigenvalue weighted by molar-refractivity contribution is -0.385. The van der Waals surface area contributed by atoms with Crippen molar-refractivity contribution in [3.8, 4) is 0 Å². The highest BCUT2D eigenvalue weighted by molar-refractivity contribution is 7.89. The Morgan fingerprint density at radius 3 is 2.52 bits per heavy atom. The molecule has 0 aliphatic carbocycles. The van der Waals surface area contributed by atoms with Crippen molar-refractivity contribution >= 4 is 33.0 Å². The maximum absolute atomic E-state index is 13.0. The van der Waals surface area contributed by atoms with E-state index in [1.165, 1.54) is 16.4 Å². The fourth-order valence-electron chi connectivity index (χ4n) is 3.12. The average Bonchev–Trinajstić information content (AvgIpc) is 3.17. The van der Waals surface area contributed by atoms with Crippen LogP contribution >= 0.6 is 11.6 Å². The third-order valence-electron chi connectivity index (χ3n) is 4.58. The van der Waals surface area contributed by atoms with Crippen LogP contribution in [0, 0.1) is 10.1 Å². The lowest BCUT2D eigenvalue weighted by atomic mass is 10.1. The summed E-state index contributed by atoms with van der Waals surface area (Å²) >= 11 is 6.03. The third kappa shape index (κ3) is 4.23. The van der Waals surface area contributed by atoms with Gasteiger partial charge in [-0.1, -0.05) is 23.7 Å². The molecule has 1 N–H and O–H groups in total. The van der Waals surface area contributed by atoms with E-state index in [0.29, 0.717) is 23.8 Å². The SMILES string of the molecule is CC(Nc1ccc([N+](=O)[O-])cc1S(=O)(=O)N1CCCC1)c1cccc(Cl)c1. The van der Waals surface area contributed by atoms with Crippen molar-refractivity contribution in [2.75, 3.05) is 18.4 Å². The minimum absolute atomic E-state index is 0.0764. The van der Waals surface area contributed by atoms with Gasteiger partial charge in [0, 0.05) is 36.3 Å². The van der Waals surface area contributed by atoms with Gasteiger partial charge >= 0.3 is 0 Å². The Balaban J connectivity index is 2.00. The van der Waals surface area contributed by atoms with Crippen molar-refractivity contribution in [1.82, 2.24) is 4.31 Å². The van der Waals surface area contributed by atoms with Crippen LogP contribution in [0.25, 0.3) is 0 Å². The van der Waals surface area contributed by atoms with Crippen LogP contribution in [-0.2, 0) is 10.0 Å². The molecule has 144 valence electrons. The summed E-state index contributed by atoms with van der Waals surface area (Å²) in [6, 6.07) is 10.9. The Morgan fingerprint density at radius 1 is 1.19 bits per heavy atom. The van der Waals surface area contributed by atoms with E-state index < -0.39 is 14.9 Å². The number of rotatable bonds is 6. The summed E-state index contributed by atoms with van der Waals surface area (Å²) in [6.07, 6.45) is 1.58. The number of sulfonamides is 1. The molecule has 0 bridgehead atoms. The zero-order valence-corrected chi connectivity index (χ0v) is 16.3. The Hall–Kier alpha value is -2.16. The van der Waals surface area contributed by atoms with Gasteiger partial charge in [-0.3, -0.25) is 10.1 Å². The van der Waals surface area contributed by atoms with Crippen LogP contribution in [-0.4, -0.2) is 30.7 Å². The third-order valence-corrected chi connectivity index (χ3v) is 6.75. The van der Waals surface area contributed by atoms with Gasteiger partial charge in [-0.05, 0) is 43.5 Å². The van der Waals surface area contributed by atoms with E-state index in [-0.39, 0.29) is 16.6 Å². The van der Waals surface area contributed by atoms with Gasteiger partial charge in [0.15, 0.2) is 0 Å². The molecule has 0 amide bonds. The van der Waals surface area contributed by atoms with Gasteiger partial charge in [-0.2, -0.15) is 4.31 Å². The average molecular weight is 410 g/mol. The molecule has 27 heavy (non-hydrogen) atoms. The summed E-state index contributed by atoms with van der Waals surface area (Å²) < 4.78 is 27.5. The van der Waals surface area contributed by atoms with E-state index >= 15 is 0 Å². The molecule has 0 saturated carbocycles. The van der Waals surface area contributed by atoms with Crippen molar-refractivity contribution in [1.29, 1.82) is 0 Å². The van der Waals surface area contributed by atoms with Crippen LogP contribution in [0.2, 0.25) is 5.02 Å². The Kier molecular flexibility index (Phi) is 5.69.